The van der Waals surface area contributed by atoms with Gasteiger partial charge in [-0.3, -0.25) is 4.79 Å². The Bertz CT molecular complexity index is 731. The third kappa shape index (κ3) is 4.52. The van der Waals surface area contributed by atoms with Crippen molar-refractivity contribution >= 4 is 5.91 Å². The molecular weight excluding hydrogens is 334 g/mol. The van der Waals surface area contributed by atoms with Crippen molar-refractivity contribution in [2.24, 2.45) is 0 Å². The molecule has 3 heterocycles. The number of carbonyl (C=O) groups excluding carboxylic acids is 1. The zero-order valence-corrected chi connectivity index (χ0v) is 15.8. The predicted molar refractivity (Wildman–Crippen MR) is 95.6 cm³/mol. The molecule has 26 heavy (non-hydrogen) atoms. The van der Waals surface area contributed by atoms with E-state index in [9.17, 15) is 4.79 Å². The topological polar surface area (TPSA) is 81.6 Å². The maximum atomic E-state index is 12.6. The van der Waals surface area contributed by atoms with E-state index in [0.29, 0.717) is 31.2 Å². The Morgan fingerprint density at radius 2 is 2.15 bits per heavy atom. The lowest BCUT2D eigenvalue weighted by molar-refractivity contribution is -0.132. The average Bonchev–Trinajstić information content (AvgIpc) is 3.34. The van der Waals surface area contributed by atoms with Gasteiger partial charge in [-0.1, -0.05) is 6.92 Å². The predicted octanol–water partition coefficient (Wildman–Crippen LogP) is 3.30. The Kier molecular flexibility index (Phi) is 6.08. The minimum atomic E-state index is 0.109. The van der Waals surface area contributed by atoms with Crippen LogP contribution in [0.2, 0.25) is 0 Å². The second kappa shape index (κ2) is 8.49. The molecule has 0 bridgehead atoms. The summed E-state index contributed by atoms with van der Waals surface area (Å²) >= 11 is 0. The van der Waals surface area contributed by atoms with Gasteiger partial charge >= 0.3 is 0 Å². The van der Waals surface area contributed by atoms with Crippen LogP contribution < -0.4 is 0 Å². The Balaban J connectivity index is 1.57. The van der Waals surface area contributed by atoms with Gasteiger partial charge in [0.05, 0.1) is 11.7 Å². The molecule has 1 saturated heterocycles. The summed E-state index contributed by atoms with van der Waals surface area (Å²) in [6.45, 7) is 8.05. The van der Waals surface area contributed by atoms with Gasteiger partial charge in [0, 0.05) is 32.5 Å². The van der Waals surface area contributed by atoms with Gasteiger partial charge in [0.15, 0.2) is 0 Å². The second-order valence-corrected chi connectivity index (χ2v) is 6.80. The molecule has 7 nitrogen and oxygen atoms in total. The van der Waals surface area contributed by atoms with Crippen LogP contribution in [0.15, 0.2) is 14.9 Å². The number of nitrogens with zero attached hydrogens (tertiary/aromatic N) is 3. The van der Waals surface area contributed by atoms with Crippen LogP contribution in [0.5, 0.6) is 0 Å². The fraction of sp³-hybridized carbons (Fsp3) is 0.632. The number of rotatable bonds is 8. The Morgan fingerprint density at radius 3 is 2.81 bits per heavy atom. The van der Waals surface area contributed by atoms with Gasteiger partial charge in [-0.15, -0.1) is 10.2 Å². The maximum absolute atomic E-state index is 12.6. The summed E-state index contributed by atoms with van der Waals surface area (Å²) < 4.78 is 16.9. The van der Waals surface area contributed by atoms with Crippen molar-refractivity contribution in [3.05, 3.63) is 23.5 Å². The van der Waals surface area contributed by atoms with Crippen LogP contribution in [-0.2, 0) is 16.0 Å². The van der Waals surface area contributed by atoms with Crippen LogP contribution in [0.25, 0.3) is 11.5 Å². The maximum Gasteiger partial charge on any atom is 0.251 e. The minimum Gasteiger partial charge on any atom is -0.466 e. The summed E-state index contributed by atoms with van der Waals surface area (Å²) in [6.07, 6.45) is 4.02. The first-order chi connectivity index (χ1) is 12.6. The summed E-state index contributed by atoms with van der Waals surface area (Å²) in [5.41, 5.74) is 0.804. The van der Waals surface area contributed by atoms with E-state index < -0.39 is 0 Å². The second-order valence-electron chi connectivity index (χ2n) is 6.80. The van der Waals surface area contributed by atoms with Crippen molar-refractivity contribution in [3.8, 4) is 11.5 Å². The van der Waals surface area contributed by atoms with Gasteiger partial charge in [-0.05, 0) is 39.2 Å². The molecule has 0 aliphatic carbocycles. The van der Waals surface area contributed by atoms with E-state index in [4.69, 9.17) is 13.6 Å². The van der Waals surface area contributed by atoms with Crippen molar-refractivity contribution in [3.63, 3.8) is 0 Å². The number of amides is 1. The van der Waals surface area contributed by atoms with Gasteiger partial charge in [-0.25, -0.2) is 0 Å². The number of aryl methyl sites for hydroxylation is 3. The normalized spacial score (nSPS) is 17.0. The molecule has 0 saturated carbocycles. The third-order valence-electron chi connectivity index (χ3n) is 4.59. The Morgan fingerprint density at radius 1 is 1.31 bits per heavy atom. The molecule has 142 valence electrons. The fourth-order valence-electron chi connectivity index (χ4n) is 3.30. The summed E-state index contributed by atoms with van der Waals surface area (Å²) in [6, 6.07) is 1.88. The van der Waals surface area contributed by atoms with E-state index in [1.807, 2.05) is 24.8 Å². The SMILES string of the molecule is CCCN(C[C@H]1CCCO1)C(=O)CCc1nnc(-c2cc(C)oc2C)o1. The molecule has 0 unspecified atom stereocenters. The molecule has 3 rings (SSSR count). The molecule has 0 aromatic carbocycles. The van der Waals surface area contributed by atoms with Crippen molar-refractivity contribution in [1.29, 1.82) is 0 Å². The average molecular weight is 361 g/mol. The number of furan rings is 1. The van der Waals surface area contributed by atoms with E-state index >= 15 is 0 Å². The third-order valence-corrected chi connectivity index (χ3v) is 4.59. The monoisotopic (exact) mass is 361 g/mol. The van der Waals surface area contributed by atoms with Crippen molar-refractivity contribution < 1.29 is 18.4 Å². The van der Waals surface area contributed by atoms with E-state index in [-0.39, 0.29) is 12.0 Å². The molecular formula is C19H27N3O4. The smallest absolute Gasteiger partial charge is 0.251 e. The van der Waals surface area contributed by atoms with Crippen LogP contribution in [0.1, 0.15) is 50.0 Å². The van der Waals surface area contributed by atoms with E-state index in [0.717, 1.165) is 49.5 Å². The van der Waals surface area contributed by atoms with E-state index in [1.54, 1.807) is 0 Å². The molecule has 0 N–H and O–H groups in total. The first kappa shape index (κ1) is 18.6. The first-order valence-corrected chi connectivity index (χ1v) is 9.36. The Labute approximate surface area is 153 Å². The van der Waals surface area contributed by atoms with Crippen molar-refractivity contribution in [1.82, 2.24) is 15.1 Å². The van der Waals surface area contributed by atoms with Gasteiger partial charge < -0.3 is 18.5 Å². The lowest BCUT2D eigenvalue weighted by Crippen LogP contribution is -2.38. The standard InChI is InChI=1S/C19H27N3O4/c1-4-9-22(12-15-6-5-10-24-15)18(23)8-7-17-20-21-19(26-17)16-11-13(2)25-14(16)3/h11,15H,4-10,12H2,1-3H3/t15-/m1/s1. The van der Waals surface area contributed by atoms with E-state index in [1.165, 1.54) is 0 Å². The number of hydrogen-bond acceptors (Lipinski definition) is 6. The first-order valence-electron chi connectivity index (χ1n) is 9.36. The number of ether oxygens (including phenoxy) is 1. The summed E-state index contributed by atoms with van der Waals surface area (Å²) in [4.78, 5) is 14.5. The van der Waals surface area contributed by atoms with Gasteiger partial charge in [0.1, 0.15) is 11.5 Å². The van der Waals surface area contributed by atoms with Crippen molar-refractivity contribution in [2.45, 2.75) is 59.0 Å². The molecule has 0 radical (unpaired) electrons. The van der Waals surface area contributed by atoms with Gasteiger partial charge in [0.25, 0.3) is 5.89 Å². The van der Waals surface area contributed by atoms with Gasteiger partial charge in [-0.2, -0.15) is 0 Å². The molecule has 2 aromatic rings. The van der Waals surface area contributed by atoms with Crippen LogP contribution >= 0.6 is 0 Å². The van der Waals surface area contributed by atoms with Crippen LogP contribution in [-0.4, -0.2) is 46.8 Å². The highest BCUT2D eigenvalue weighted by molar-refractivity contribution is 5.76. The number of carbonyl (C=O) groups is 1. The van der Waals surface area contributed by atoms with Crippen LogP contribution in [0, 0.1) is 13.8 Å². The number of aromatic nitrogens is 2. The molecule has 2 aromatic heterocycles. The molecule has 1 aliphatic rings. The highest BCUT2D eigenvalue weighted by atomic mass is 16.5. The highest BCUT2D eigenvalue weighted by Crippen LogP contribution is 2.25. The Hall–Kier alpha value is -2.15. The summed E-state index contributed by atoms with van der Waals surface area (Å²) in [5.74, 6) is 2.57. The van der Waals surface area contributed by atoms with Crippen LogP contribution in [0.3, 0.4) is 0 Å². The molecule has 7 heteroatoms. The van der Waals surface area contributed by atoms with Crippen molar-refractivity contribution in [2.75, 3.05) is 19.7 Å². The molecule has 1 atom stereocenters. The highest BCUT2D eigenvalue weighted by Gasteiger charge is 2.22. The largest absolute Gasteiger partial charge is 0.466 e. The van der Waals surface area contributed by atoms with Gasteiger partial charge in [0.2, 0.25) is 11.8 Å². The summed E-state index contributed by atoms with van der Waals surface area (Å²) in [5, 5.41) is 8.15. The molecule has 1 aliphatic heterocycles. The molecule has 1 amide bonds. The number of hydrogen-bond donors (Lipinski definition) is 0. The molecule has 0 spiro atoms. The fourth-order valence-corrected chi connectivity index (χ4v) is 3.30. The quantitative estimate of drug-likeness (QED) is 0.717. The van der Waals surface area contributed by atoms with Crippen LogP contribution in [0.4, 0.5) is 0 Å². The minimum absolute atomic E-state index is 0.109. The zero-order chi connectivity index (χ0) is 18.5. The molecule has 1 fully saturated rings. The lowest BCUT2D eigenvalue weighted by Gasteiger charge is -2.25. The lowest BCUT2D eigenvalue weighted by atomic mass is 10.2. The zero-order valence-electron chi connectivity index (χ0n) is 15.8. The summed E-state index contributed by atoms with van der Waals surface area (Å²) in [7, 11) is 0. The van der Waals surface area contributed by atoms with E-state index in [2.05, 4.69) is 17.1 Å².